The summed E-state index contributed by atoms with van der Waals surface area (Å²) in [6.45, 7) is 6.14. The van der Waals surface area contributed by atoms with E-state index in [0.29, 0.717) is 12.6 Å². The zero-order valence-corrected chi connectivity index (χ0v) is 19.3. The molecule has 0 unspecified atom stereocenters. The minimum Gasteiger partial charge on any atom is -0.474 e. The van der Waals surface area contributed by atoms with Crippen LogP contribution in [0.15, 0.2) is 23.3 Å². The second kappa shape index (κ2) is 13.2. The van der Waals surface area contributed by atoms with E-state index in [1.165, 1.54) is 25.7 Å². The lowest BCUT2D eigenvalue weighted by Gasteiger charge is -2.13. The molecule has 3 rings (SSSR count). The fourth-order valence-electron chi connectivity index (χ4n) is 3.22. The normalized spacial score (nSPS) is 17.2. The number of hydrogen-bond donors (Lipinski definition) is 2. The quantitative estimate of drug-likeness (QED) is 0.208. The lowest BCUT2D eigenvalue weighted by atomic mass is 10.2. The molecule has 0 bridgehead atoms. The van der Waals surface area contributed by atoms with Crippen molar-refractivity contribution in [2.24, 2.45) is 10.9 Å². The number of hydrogen-bond acceptors (Lipinski definition) is 4. The highest BCUT2D eigenvalue weighted by Gasteiger charge is 2.20. The summed E-state index contributed by atoms with van der Waals surface area (Å²) in [5.74, 6) is 2.40. The fourth-order valence-corrected chi connectivity index (χ4v) is 3.22. The van der Waals surface area contributed by atoms with Crippen LogP contribution in [0.3, 0.4) is 0 Å². The highest BCUT2D eigenvalue weighted by atomic mass is 127. The molecule has 1 heterocycles. The van der Waals surface area contributed by atoms with Crippen molar-refractivity contribution in [2.75, 3.05) is 26.3 Å². The first kappa shape index (κ1) is 23.2. The number of nitrogens with zero attached hydrogens (tertiary/aromatic N) is 2. The van der Waals surface area contributed by atoms with Crippen molar-refractivity contribution in [3.05, 3.63) is 23.9 Å². The molecule has 0 radical (unpaired) electrons. The van der Waals surface area contributed by atoms with Crippen LogP contribution in [0.2, 0.25) is 0 Å². The molecular formula is C21H35IN4O2. The van der Waals surface area contributed by atoms with E-state index in [1.807, 2.05) is 18.3 Å². The molecule has 2 N–H and O–H groups in total. The van der Waals surface area contributed by atoms with Crippen molar-refractivity contribution < 1.29 is 9.47 Å². The molecule has 6 nitrogen and oxygen atoms in total. The largest absolute Gasteiger partial charge is 0.474 e. The Morgan fingerprint density at radius 2 is 2.04 bits per heavy atom. The third-order valence-corrected chi connectivity index (χ3v) is 4.96. The highest BCUT2D eigenvalue weighted by molar-refractivity contribution is 14.0. The van der Waals surface area contributed by atoms with Crippen molar-refractivity contribution in [3.8, 4) is 5.88 Å². The standard InChI is InChI=1S/C21H34N4O2.HI/c1-2-22-21(24-11-5-13-26-16-17-8-9-17)25-15-18-10-12-23-20(14-18)27-19-6-3-4-7-19;/h10,12,14,17,19H,2-9,11,13,15-16H2,1H3,(H2,22,24,25);1H. The van der Waals surface area contributed by atoms with Gasteiger partial charge in [-0.1, -0.05) is 0 Å². The Hall–Kier alpha value is -1.09. The maximum absolute atomic E-state index is 5.99. The van der Waals surface area contributed by atoms with Crippen LogP contribution >= 0.6 is 24.0 Å². The summed E-state index contributed by atoms with van der Waals surface area (Å²) in [6.07, 6.45) is 10.6. The van der Waals surface area contributed by atoms with Crippen molar-refractivity contribution in [3.63, 3.8) is 0 Å². The Morgan fingerprint density at radius 3 is 2.79 bits per heavy atom. The van der Waals surface area contributed by atoms with Crippen LogP contribution in [0.4, 0.5) is 0 Å². The molecule has 0 aliphatic heterocycles. The third-order valence-electron chi connectivity index (χ3n) is 4.96. The number of aromatic nitrogens is 1. The predicted octanol–water partition coefficient (Wildman–Crippen LogP) is 3.89. The van der Waals surface area contributed by atoms with E-state index in [2.05, 4.69) is 27.5 Å². The van der Waals surface area contributed by atoms with Gasteiger partial charge < -0.3 is 20.1 Å². The molecule has 0 aromatic carbocycles. The molecule has 7 heteroatoms. The van der Waals surface area contributed by atoms with Crippen LogP contribution in [-0.4, -0.2) is 43.4 Å². The van der Waals surface area contributed by atoms with Gasteiger partial charge in [0, 0.05) is 38.6 Å². The Bertz CT molecular complexity index is 590. The fraction of sp³-hybridized carbons (Fsp3) is 0.714. The van der Waals surface area contributed by atoms with E-state index in [0.717, 1.165) is 68.9 Å². The second-order valence-electron chi connectivity index (χ2n) is 7.52. The maximum atomic E-state index is 5.99. The summed E-state index contributed by atoms with van der Waals surface area (Å²) < 4.78 is 11.7. The number of nitrogens with one attached hydrogen (secondary N) is 2. The maximum Gasteiger partial charge on any atom is 0.213 e. The molecule has 2 aliphatic rings. The molecule has 2 fully saturated rings. The van der Waals surface area contributed by atoms with E-state index in [9.17, 15) is 0 Å². The monoisotopic (exact) mass is 502 g/mol. The zero-order valence-electron chi connectivity index (χ0n) is 17.0. The van der Waals surface area contributed by atoms with Gasteiger partial charge in [-0.15, -0.1) is 24.0 Å². The van der Waals surface area contributed by atoms with Gasteiger partial charge in [-0.3, -0.25) is 0 Å². The van der Waals surface area contributed by atoms with Crippen molar-refractivity contribution >= 4 is 29.9 Å². The van der Waals surface area contributed by atoms with Gasteiger partial charge in [0.15, 0.2) is 5.96 Å². The van der Waals surface area contributed by atoms with Gasteiger partial charge in [-0.2, -0.15) is 0 Å². The Labute approximate surface area is 186 Å². The first-order valence-electron chi connectivity index (χ1n) is 10.5. The molecule has 1 aromatic heterocycles. The summed E-state index contributed by atoms with van der Waals surface area (Å²) in [5.41, 5.74) is 1.11. The number of aliphatic imine (C=N–C) groups is 1. The van der Waals surface area contributed by atoms with E-state index in [4.69, 9.17) is 9.47 Å². The predicted molar refractivity (Wildman–Crippen MR) is 124 cm³/mol. The van der Waals surface area contributed by atoms with Gasteiger partial charge in [0.1, 0.15) is 6.10 Å². The van der Waals surface area contributed by atoms with Crippen LogP contribution in [0.5, 0.6) is 5.88 Å². The molecule has 0 atom stereocenters. The van der Waals surface area contributed by atoms with Crippen molar-refractivity contribution in [1.29, 1.82) is 0 Å². The molecule has 28 heavy (non-hydrogen) atoms. The van der Waals surface area contributed by atoms with Gasteiger partial charge in [0.05, 0.1) is 6.54 Å². The molecule has 1 aromatic rings. The van der Waals surface area contributed by atoms with E-state index >= 15 is 0 Å². The summed E-state index contributed by atoms with van der Waals surface area (Å²) in [5, 5.41) is 6.68. The molecule has 2 saturated carbocycles. The SMILES string of the molecule is CCNC(=NCc1ccnc(OC2CCCC2)c1)NCCCOCC1CC1.I. The first-order valence-corrected chi connectivity index (χ1v) is 10.5. The highest BCUT2D eigenvalue weighted by Crippen LogP contribution is 2.28. The number of halogens is 1. The number of rotatable bonds is 11. The van der Waals surface area contributed by atoms with E-state index in [1.54, 1.807) is 0 Å². The lowest BCUT2D eigenvalue weighted by Crippen LogP contribution is -2.38. The van der Waals surface area contributed by atoms with Crippen molar-refractivity contribution in [2.45, 2.75) is 64.5 Å². The molecular weight excluding hydrogens is 467 g/mol. The summed E-state index contributed by atoms with van der Waals surface area (Å²) in [6, 6.07) is 4.01. The summed E-state index contributed by atoms with van der Waals surface area (Å²) >= 11 is 0. The minimum atomic E-state index is 0. The first-order chi connectivity index (χ1) is 13.3. The van der Waals surface area contributed by atoms with Crippen LogP contribution in [0.25, 0.3) is 0 Å². The number of pyridine rings is 1. The molecule has 2 aliphatic carbocycles. The van der Waals surface area contributed by atoms with Gasteiger partial charge in [0.25, 0.3) is 0 Å². The molecule has 0 saturated heterocycles. The van der Waals surface area contributed by atoms with Gasteiger partial charge in [0.2, 0.25) is 5.88 Å². The number of ether oxygens (including phenoxy) is 2. The van der Waals surface area contributed by atoms with E-state index in [-0.39, 0.29) is 24.0 Å². The van der Waals surface area contributed by atoms with Gasteiger partial charge >= 0.3 is 0 Å². The molecule has 158 valence electrons. The Morgan fingerprint density at radius 1 is 1.21 bits per heavy atom. The lowest BCUT2D eigenvalue weighted by molar-refractivity contribution is 0.123. The summed E-state index contributed by atoms with van der Waals surface area (Å²) in [7, 11) is 0. The van der Waals surface area contributed by atoms with Gasteiger partial charge in [-0.25, -0.2) is 9.98 Å². The van der Waals surface area contributed by atoms with Crippen LogP contribution in [0, 0.1) is 5.92 Å². The zero-order chi connectivity index (χ0) is 18.7. The smallest absolute Gasteiger partial charge is 0.213 e. The number of guanidine groups is 1. The average molecular weight is 502 g/mol. The van der Waals surface area contributed by atoms with Crippen LogP contribution in [-0.2, 0) is 11.3 Å². The Kier molecular flexibility index (Phi) is 10.9. The van der Waals surface area contributed by atoms with E-state index < -0.39 is 0 Å². The van der Waals surface area contributed by atoms with Crippen LogP contribution < -0.4 is 15.4 Å². The van der Waals surface area contributed by atoms with Crippen LogP contribution in [0.1, 0.15) is 57.4 Å². The average Bonchev–Trinajstić information content (AvgIpc) is 3.37. The van der Waals surface area contributed by atoms with Gasteiger partial charge in [-0.05, 0) is 69.4 Å². The Balaban J connectivity index is 0.00000280. The minimum absolute atomic E-state index is 0. The molecule has 0 amide bonds. The summed E-state index contributed by atoms with van der Waals surface area (Å²) in [4.78, 5) is 9.03. The molecule has 0 spiro atoms. The van der Waals surface area contributed by atoms with Crippen molar-refractivity contribution in [1.82, 2.24) is 15.6 Å². The second-order valence-corrected chi connectivity index (χ2v) is 7.52. The third kappa shape index (κ3) is 8.94. The topological polar surface area (TPSA) is 67.8 Å².